The van der Waals surface area contributed by atoms with Crippen molar-refractivity contribution in [2.45, 2.75) is 0 Å². The average Bonchev–Trinajstić information content (AvgIpc) is 3.22. The molecule has 0 bridgehead atoms. The van der Waals surface area contributed by atoms with Crippen LogP contribution in [0.3, 0.4) is 0 Å². The van der Waals surface area contributed by atoms with E-state index >= 15 is 0 Å². The maximum absolute atomic E-state index is 13.2. The van der Waals surface area contributed by atoms with Crippen LogP contribution in [0.2, 0.25) is 0 Å². The van der Waals surface area contributed by atoms with Gasteiger partial charge in [0.15, 0.2) is 23.2 Å². The second-order valence-corrected chi connectivity index (χ2v) is 7.91. The predicted octanol–water partition coefficient (Wildman–Crippen LogP) is 3.30. The number of hydrogen-bond acceptors (Lipinski definition) is 8. The van der Waals surface area contributed by atoms with Gasteiger partial charge in [0.2, 0.25) is 0 Å². The number of carbonyl (C=O) groups is 1. The molecule has 0 fully saturated rings. The first-order chi connectivity index (χ1) is 15.0. The Bertz CT molecular complexity index is 996. The minimum absolute atomic E-state index is 0.141. The van der Waals surface area contributed by atoms with E-state index in [1.165, 1.54) is 11.3 Å². The number of methoxy groups -OCH3 is 3. The molecular formula is C22H27N3O5S. The lowest BCUT2D eigenvalue weighted by atomic mass is 10.3. The smallest absolute Gasteiger partial charge is 0.266 e. The summed E-state index contributed by atoms with van der Waals surface area (Å²) in [5.74, 6) is 2.20. The molecule has 0 spiro atoms. The van der Waals surface area contributed by atoms with Crippen molar-refractivity contribution in [3.63, 3.8) is 0 Å². The molecule has 1 heterocycles. The van der Waals surface area contributed by atoms with Gasteiger partial charge in [-0.2, -0.15) is 0 Å². The van der Waals surface area contributed by atoms with Gasteiger partial charge in [0, 0.05) is 13.1 Å². The van der Waals surface area contributed by atoms with Crippen molar-refractivity contribution in [2.75, 3.05) is 60.0 Å². The number of ether oxygens (including phenoxy) is 4. The Labute approximate surface area is 185 Å². The van der Waals surface area contributed by atoms with Crippen LogP contribution >= 0.6 is 11.3 Å². The SMILES string of the molecule is COc1ccccc1OCC(=O)N(CCN(C)C)c1nc2c(OC)ccc(OC)c2s1. The molecular weight excluding hydrogens is 418 g/mol. The fourth-order valence-electron chi connectivity index (χ4n) is 2.97. The number of para-hydroxylation sites is 2. The van der Waals surface area contributed by atoms with Gasteiger partial charge in [0.05, 0.1) is 21.3 Å². The van der Waals surface area contributed by atoms with Crippen LogP contribution in [0.4, 0.5) is 5.13 Å². The van der Waals surface area contributed by atoms with Crippen molar-refractivity contribution in [1.29, 1.82) is 0 Å². The minimum Gasteiger partial charge on any atom is -0.495 e. The van der Waals surface area contributed by atoms with E-state index in [0.717, 1.165) is 4.70 Å². The average molecular weight is 446 g/mol. The molecule has 0 aliphatic rings. The Morgan fingerprint density at radius 1 is 0.903 bits per heavy atom. The predicted molar refractivity (Wildman–Crippen MR) is 122 cm³/mol. The van der Waals surface area contributed by atoms with E-state index in [0.29, 0.717) is 46.7 Å². The van der Waals surface area contributed by atoms with E-state index in [9.17, 15) is 4.79 Å². The molecule has 0 radical (unpaired) electrons. The normalized spacial score (nSPS) is 10.9. The van der Waals surface area contributed by atoms with Crippen molar-refractivity contribution in [1.82, 2.24) is 9.88 Å². The van der Waals surface area contributed by atoms with Gasteiger partial charge in [-0.05, 0) is 38.4 Å². The molecule has 8 nitrogen and oxygen atoms in total. The maximum atomic E-state index is 13.2. The van der Waals surface area contributed by atoms with E-state index in [1.807, 2.05) is 37.2 Å². The fraction of sp³-hybridized carbons (Fsp3) is 0.364. The number of anilines is 1. The van der Waals surface area contributed by atoms with E-state index in [1.54, 1.807) is 44.4 Å². The third kappa shape index (κ3) is 5.18. The molecule has 3 aromatic rings. The monoisotopic (exact) mass is 445 g/mol. The molecule has 0 saturated heterocycles. The van der Waals surface area contributed by atoms with Crippen LogP contribution in [0.5, 0.6) is 23.0 Å². The number of aromatic nitrogens is 1. The first-order valence-electron chi connectivity index (χ1n) is 9.71. The summed E-state index contributed by atoms with van der Waals surface area (Å²) in [6.45, 7) is 0.994. The molecule has 2 aromatic carbocycles. The lowest BCUT2D eigenvalue weighted by Gasteiger charge is -2.22. The summed E-state index contributed by atoms with van der Waals surface area (Å²) in [7, 11) is 8.68. The number of likely N-dealkylation sites (N-methyl/N-ethyl adjacent to an activating group) is 1. The van der Waals surface area contributed by atoms with E-state index < -0.39 is 0 Å². The zero-order valence-electron chi connectivity index (χ0n) is 18.4. The van der Waals surface area contributed by atoms with Crippen molar-refractivity contribution in [3.05, 3.63) is 36.4 Å². The Balaban J connectivity index is 1.90. The zero-order chi connectivity index (χ0) is 22.4. The number of fused-ring (bicyclic) bond motifs is 1. The van der Waals surface area contributed by atoms with Gasteiger partial charge in [-0.3, -0.25) is 9.69 Å². The lowest BCUT2D eigenvalue weighted by molar-refractivity contribution is -0.120. The van der Waals surface area contributed by atoms with Crippen molar-refractivity contribution in [2.24, 2.45) is 0 Å². The lowest BCUT2D eigenvalue weighted by Crippen LogP contribution is -2.39. The number of thiazole rings is 1. The van der Waals surface area contributed by atoms with E-state index in [4.69, 9.17) is 23.9 Å². The summed E-state index contributed by atoms with van der Waals surface area (Å²) in [5, 5.41) is 0.563. The maximum Gasteiger partial charge on any atom is 0.266 e. The van der Waals surface area contributed by atoms with Crippen LogP contribution in [-0.2, 0) is 4.79 Å². The molecule has 9 heteroatoms. The highest BCUT2D eigenvalue weighted by molar-refractivity contribution is 7.22. The van der Waals surface area contributed by atoms with Gasteiger partial charge in [0.1, 0.15) is 21.7 Å². The molecule has 0 saturated carbocycles. The van der Waals surface area contributed by atoms with Gasteiger partial charge in [-0.15, -0.1) is 0 Å². The van der Waals surface area contributed by atoms with Crippen LogP contribution in [0.15, 0.2) is 36.4 Å². The molecule has 0 N–H and O–H groups in total. The van der Waals surface area contributed by atoms with Crippen LogP contribution in [0, 0.1) is 0 Å². The second kappa shape index (κ2) is 10.3. The van der Waals surface area contributed by atoms with Crippen LogP contribution in [0.25, 0.3) is 10.2 Å². The van der Waals surface area contributed by atoms with Crippen LogP contribution in [0.1, 0.15) is 0 Å². The molecule has 0 aliphatic carbocycles. The highest BCUT2D eigenvalue weighted by Gasteiger charge is 2.23. The zero-order valence-corrected chi connectivity index (χ0v) is 19.2. The van der Waals surface area contributed by atoms with Crippen molar-refractivity contribution < 1.29 is 23.7 Å². The highest BCUT2D eigenvalue weighted by atomic mass is 32.1. The third-order valence-corrected chi connectivity index (χ3v) is 5.71. The number of rotatable bonds is 10. The molecule has 0 atom stereocenters. The topological polar surface area (TPSA) is 73.4 Å². The van der Waals surface area contributed by atoms with Crippen LogP contribution in [-0.4, -0.2) is 70.9 Å². The van der Waals surface area contributed by atoms with Gasteiger partial charge < -0.3 is 23.8 Å². The summed E-state index contributed by atoms with van der Waals surface area (Å²) in [5.41, 5.74) is 0.662. The van der Waals surface area contributed by atoms with Crippen molar-refractivity contribution >= 4 is 32.6 Å². The Hall–Kier alpha value is -3.04. The third-order valence-electron chi connectivity index (χ3n) is 4.62. The van der Waals surface area contributed by atoms with E-state index in [-0.39, 0.29) is 12.5 Å². The molecule has 166 valence electrons. The first kappa shape index (κ1) is 22.6. The summed E-state index contributed by atoms with van der Waals surface area (Å²) in [4.78, 5) is 21.5. The fourth-order valence-corrected chi connectivity index (χ4v) is 4.09. The first-order valence-corrected chi connectivity index (χ1v) is 10.5. The number of carbonyl (C=O) groups excluding carboxylic acids is 1. The Morgan fingerprint density at radius 2 is 1.55 bits per heavy atom. The summed E-state index contributed by atoms with van der Waals surface area (Å²) in [6.07, 6.45) is 0. The van der Waals surface area contributed by atoms with Gasteiger partial charge in [0.25, 0.3) is 5.91 Å². The largest absolute Gasteiger partial charge is 0.495 e. The highest BCUT2D eigenvalue weighted by Crippen LogP contribution is 2.40. The molecule has 1 aromatic heterocycles. The van der Waals surface area contributed by atoms with Gasteiger partial charge in [-0.25, -0.2) is 4.98 Å². The molecule has 3 rings (SSSR count). The number of hydrogen-bond donors (Lipinski definition) is 0. The summed E-state index contributed by atoms with van der Waals surface area (Å²) < 4.78 is 22.8. The minimum atomic E-state index is -0.204. The Morgan fingerprint density at radius 3 is 2.19 bits per heavy atom. The summed E-state index contributed by atoms with van der Waals surface area (Å²) >= 11 is 1.39. The standard InChI is InChI=1S/C22H27N3O5S/c1-24(2)12-13-25(19(26)14-30-16-9-7-6-8-15(16)27-3)22-23-20-17(28-4)10-11-18(29-5)21(20)31-22/h6-11H,12-14H2,1-5H3. The molecule has 0 unspecified atom stereocenters. The molecule has 1 amide bonds. The summed E-state index contributed by atoms with van der Waals surface area (Å²) in [6, 6.07) is 10.9. The van der Waals surface area contributed by atoms with Gasteiger partial charge >= 0.3 is 0 Å². The Kier molecular flexibility index (Phi) is 7.54. The number of nitrogens with zero attached hydrogens (tertiary/aromatic N) is 3. The molecule has 0 aliphatic heterocycles. The number of benzene rings is 2. The molecule has 31 heavy (non-hydrogen) atoms. The second-order valence-electron chi connectivity index (χ2n) is 6.93. The quantitative estimate of drug-likeness (QED) is 0.474. The van der Waals surface area contributed by atoms with Crippen LogP contribution < -0.4 is 23.8 Å². The van der Waals surface area contributed by atoms with Gasteiger partial charge in [-0.1, -0.05) is 23.5 Å². The number of amides is 1. The van der Waals surface area contributed by atoms with E-state index in [2.05, 4.69) is 0 Å². The van der Waals surface area contributed by atoms with Crippen molar-refractivity contribution in [3.8, 4) is 23.0 Å².